The number of nitrogens with zero attached hydrogens (tertiary/aromatic N) is 4. The van der Waals surface area contributed by atoms with Gasteiger partial charge in [0.2, 0.25) is 11.9 Å². The molecule has 1 saturated heterocycles. The maximum atomic E-state index is 13.1. The number of fused-ring (bicyclic) bond motifs is 1. The number of nitrogens with two attached hydrogens (primary N) is 1. The lowest BCUT2D eigenvalue weighted by atomic mass is 9.83. The van der Waals surface area contributed by atoms with Gasteiger partial charge in [0.1, 0.15) is 0 Å². The van der Waals surface area contributed by atoms with Crippen molar-refractivity contribution in [3.05, 3.63) is 54.0 Å². The Morgan fingerprint density at radius 3 is 2.33 bits per heavy atom. The Labute approximate surface area is 223 Å². The van der Waals surface area contributed by atoms with E-state index >= 15 is 0 Å². The van der Waals surface area contributed by atoms with Gasteiger partial charge in [0, 0.05) is 42.8 Å². The van der Waals surface area contributed by atoms with Crippen LogP contribution >= 0.6 is 0 Å². The number of carbonyl (C=O) groups is 3. The number of hydrogen-bond acceptors (Lipinski definition) is 7. The summed E-state index contributed by atoms with van der Waals surface area (Å²) in [5.41, 5.74) is 4.31. The Hall–Kier alpha value is -3.80. The Balaban J connectivity index is 1.25. The number of benzene rings is 1. The van der Waals surface area contributed by atoms with Gasteiger partial charge in [0.25, 0.3) is 0 Å². The number of halogens is 3. The van der Waals surface area contributed by atoms with Crippen molar-refractivity contribution in [1.29, 1.82) is 0 Å². The maximum absolute atomic E-state index is 13.1. The van der Waals surface area contributed by atoms with Gasteiger partial charge in [-0.25, -0.2) is 9.97 Å². The average Bonchev–Trinajstić information content (AvgIpc) is 3.30. The second kappa shape index (κ2) is 11.1. The number of alkyl halides is 3. The third-order valence-electron chi connectivity index (χ3n) is 7.35. The van der Waals surface area contributed by atoms with Crippen LogP contribution in [0.5, 0.6) is 0 Å². The Kier molecular flexibility index (Phi) is 8.05. The molecule has 1 aliphatic heterocycles. The molecule has 2 aromatic heterocycles. The zero-order valence-electron chi connectivity index (χ0n) is 21.8. The topological polar surface area (TPSA) is 123 Å². The molecule has 0 atom stereocenters. The van der Waals surface area contributed by atoms with Crippen LogP contribution < -0.4 is 16.0 Å². The molecule has 1 amide bonds. The quantitative estimate of drug-likeness (QED) is 0.376. The molecular weight excluding hydrogens is 513 g/mol. The van der Waals surface area contributed by atoms with E-state index in [2.05, 4.69) is 15.3 Å². The summed E-state index contributed by atoms with van der Waals surface area (Å²) < 4.78 is 39.9. The fraction of sp³-hybridized carbons (Fsp3) is 0.444. The Morgan fingerprint density at radius 2 is 1.72 bits per heavy atom. The maximum Gasteiger partial charge on any atom is 0.419 e. The van der Waals surface area contributed by atoms with Gasteiger partial charge in [-0.2, -0.15) is 13.2 Å². The summed E-state index contributed by atoms with van der Waals surface area (Å²) in [4.78, 5) is 47.2. The van der Waals surface area contributed by atoms with E-state index in [9.17, 15) is 27.6 Å². The third-order valence-corrected chi connectivity index (χ3v) is 7.35. The van der Waals surface area contributed by atoms with Crippen molar-refractivity contribution in [2.24, 2.45) is 17.1 Å². The number of ketones is 2. The van der Waals surface area contributed by atoms with Crippen LogP contribution in [0.25, 0.3) is 10.9 Å². The molecule has 1 aromatic carbocycles. The normalized spacial score (nSPS) is 15.1. The van der Waals surface area contributed by atoms with E-state index in [0.717, 1.165) is 30.6 Å². The van der Waals surface area contributed by atoms with E-state index in [-0.39, 0.29) is 36.5 Å². The van der Waals surface area contributed by atoms with E-state index in [0.29, 0.717) is 30.7 Å². The molecule has 39 heavy (non-hydrogen) atoms. The van der Waals surface area contributed by atoms with Crippen LogP contribution in [0.4, 0.5) is 19.1 Å². The van der Waals surface area contributed by atoms with Crippen molar-refractivity contribution in [3.8, 4) is 0 Å². The summed E-state index contributed by atoms with van der Waals surface area (Å²) in [6.45, 7) is 5.02. The minimum Gasteiger partial charge on any atom is -0.366 e. The number of Topliss-reactive ketones (excluding diaryl/α,β-unsaturated/α-hetero) is 2. The lowest BCUT2D eigenvalue weighted by Crippen LogP contribution is -2.43. The second-order valence-electron chi connectivity index (χ2n) is 10.4. The first kappa shape index (κ1) is 28.2. The van der Waals surface area contributed by atoms with Crippen LogP contribution in [0.1, 0.15) is 42.6 Å². The van der Waals surface area contributed by atoms with Crippen LogP contribution in [0.2, 0.25) is 0 Å². The number of hydrogen-bond donors (Lipinski definition) is 2. The number of anilines is 1. The molecule has 3 aromatic rings. The standard InChI is InChI=1S/C27H31F3N6O3/c1-26(2,23(38)16-36-10-7-18-3-4-19(24(31)39)11-21(18)36)22(37)15-32-12-17-5-8-35(9-6-17)25-33-13-20(14-34-25)27(28,29)30/h3-4,7,10-11,13-14,17,32H,5-6,8-9,12,15-16H2,1-2H3,(H2,31,39). The Morgan fingerprint density at radius 1 is 1.05 bits per heavy atom. The van der Waals surface area contributed by atoms with E-state index in [1.54, 1.807) is 42.8 Å². The first-order valence-corrected chi connectivity index (χ1v) is 12.7. The SMILES string of the molecule is CC(C)(C(=O)CNCC1CCN(c2ncc(C(F)(F)F)cn2)CC1)C(=O)Cn1ccc2ccc(C(N)=O)cc21. The average molecular weight is 545 g/mol. The van der Waals surface area contributed by atoms with Gasteiger partial charge in [-0.15, -0.1) is 0 Å². The van der Waals surface area contributed by atoms with Crippen LogP contribution in [0, 0.1) is 11.3 Å². The molecular formula is C27H31F3N6O3. The van der Waals surface area contributed by atoms with Crippen molar-refractivity contribution in [2.45, 2.75) is 39.4 Å². The summed E-state index contributed by atoms with van der Waals surface area (Å²) in [7, 11) is 0. The predicted molar refractivity (Wildman–Crippen MR) is 139 cm³/mol. The minimum atomic E-state index is -4.47. The second-order valence-corrected chi connectivity index (χ2v) is 10.4. The number of carbonyl (C=O) groups excluding carboxylic acids is 3. The van der Waals surface area contributed by atoms with Crippen molar-refractivity contribution in [1.82, 2.24) is 19.9 Å². The van der Waals surface area contributed by atoms with Crippen LogP contribution in [0.15, 0.2) is 42.9 Å². The molecule has 0 radical (unpaired) electrons. The zero-order valence-corrected chi connectivity index (χ0v) is 21.8. The lowest BCUT2D eigenvalue weighted by molar-refractivity contribution is -0.139. The van der Waals surface area contributed by atoms with E-state index in [1.165, 1.54) is 0 Å². The molecule has 0 spiro atoms. The molecule has 0 saturated carbocycles. The summed E-state index contributed by atoms with van der Waals surface area (Å²) in [6, 6.07) is 6.86. The molecule has 0 bridgehead atoms. The molecule has 208 valence electrons. The molecule has 3 N–H and O–H groups in total. The van der Waals surface area contributed by atoms with Crippen molar-refractivity contribution in [2.75, 3.05) is 31.1 Å². The number of piperidine rings is 1. The fourth-order valence-electron chi connectivity index (χ4n) is 4.56. The van der Waals surface area contributed by atoms with Crippen LogP contribution in [-0.4, -0.2) is 58.2 Å². The van der Waals surface area contributed by atoms with Crippen molar-refractivity contribution < 1.29 is 27.6 Å². The Bertz CT molecular complexity index is 1360. The van der Waals surface area contributed by atoms with E-state index in [1.807, 2.05) is 11.0 Å². The molecule has 4 rings (SSSR count). The minimum absolute atomic E-state index is 0.0189. The van der Waals surface area contributed by atoms with Gasteiger partial charge < -0.3 is 20.5 Å². The molecule has 9 nitrogen and oxygen atoms in total. The number of nitrogens with one attached hydrogen (secondary N) is 1. The smallest absolute Gasteiger partial charge is 0.366 e. The number of primary amides is 1. The van der Waals surface area contributed by atoms with Crippen molar-refractivity contribution >= 4 is 34.3 Å². The summed E-state index contributed by atoms with van der Waals surface area (Å²) in [5.74, 6) is -0.492. The van der Waals surface area contributed by atoms with Crippen molar-refractivity contribution in [3.63, 3.8) is 0 Å². The highest BCUT2D eigenvalue weighted by molar-refractivity contribution is 6.07. The third kappa shape index (κ3) is 6.44. The van der Waals surface area contributed by atoms with E-state index < -0.39 is 23.1 Å². The highest BCUT2D eigenvalue weighted by Crippen LogP contribution is 2.29. The molecule has 3 heterocycles. The molecule has 1 fully saturated rings. The zero-order chi connectivity index (χ0) is 28.4. The summed E-state index contributed by atoms with van der Waals surface area (Å²) in [6.07, 6.45) is 0.391. The highest BCUT2D eigenvalue weighted by atomic mass is 19.4. The summed E-state index contributed by atoms with van der Waals surface area (Å²) >= 11 is 0. The van der Waals surface area contributed by atoms with Crippen LogP contribution in [-0.2, 0) is 22.3 Å². The van der Waals surface area contributed by atoms with E-state index in [4.69, 9.17) is 5.73 Å². The molecule has 1 aliphatic rings. The fourth-order valence-corrected chi connectivity index (χ4v) is 4.56. The number of amides is 1. The number of aromatic nitrogens is 3. The molecule has 12 heteroatoms. The van der Waals surface area contributed by atoms with Gasteiger partial charge in [-0.1, -0.05) is 6.07 Å². The first-order valence-electron chi connectivity index (χ1n) is 12.7. The lowest BCUT2D eigenvalue weighted by Gasteiger charge is -2.32. The van der Waals surface area contributed by atoms with Gasteiger partial charge in [0.05, 0.1) is 24.1 Å². The largest absolute Gasteiger partial charge is 0.419 e. The first-order chi connectivity index (χ1) is 18.4. The highest BCUT2D eigenvalue weighted by Gasteiger charge is 2.35. The van der Waals surface area contributed by atoms with Crippen LogP contribution in [0.3, 0.4) is 0 Å². The predicted octanol–water partition coefficient (Wildman–Crippen LogP) is 3.22. The van der Waals surface area contributed by atoms with Gasteiger partial charge in [-0.3, -0.25) is 14.4 Å². The monoisotopic (exact) mass is 544 g/mol. The summed E-state index contributed by atoms with van der Waals surface area (Å²) in [5, 5.41) is 4.02. The van der Waals surface area contributed by atoms with Gasteiger partial charge in [0.15, 0.2) is 11.6 Å². The molecule has 0 unspecified atom stereocenters. The van der Waals surface area contributed by atoms with Gasteiger partial charge >= 0.3 is 6.18 Å². The van der Waals surface area contributed by atoms with Gasteiger partial charge in [-0.05, 0) is 62.7 Å². The number of rotatable bonds is 10. The molecule has 0 aliphatic carbocycles.